The Bertz CT molecular complexity index is 409. The van der Waals surface area contributed by atoms with Crippen LogP contribution in [0.3, 0.4) is 0 Å². The molecule has 0 spiro atoms. The topological polar surface area (TPSA) is 55.8 Å². The summed E-state index contributed by atoms with van der Waals surface area (Å²) in [6, 6.07) is -0.646. The van der Waals surface area contributed by atoms with Crippen molar-refractivity contribution in [1.29, 1.82) is 0 Å². The molecular formula is C18H31NO4. The van der Waals surface area contributed by atoms with Crippen molar-refractivity contribution in [2.45, 2.75) is 65.8 Å². The lowest BCUT2D eigenvalue weighted by molar-refractivity contribution is -0.150. The molecule has 0 N–H and O–H groups in total. The number of hydrogen-bond acceptors (Lipinski definition) is 4. The van der Waals surface area contributed by atoms with E-state index in [4.69, 9.17) is 9.47 Å². The van der Waals surface area contributed by atoms with Crippen molar-refractivity contribution in [2.24, 2.45) is 5.92 Å². The largest absolute Gasteiger partial charge is 0.464 e. The number of esters is 1. The number of amides is 1. The Hall–Kier alpha value is -1.70. The molecule has 1 amide bonds. The van der Waals surface area contributed by atoms with Gasteiger partial charge in [0.1, 0.15) is 6.04 Å². The third-order valence-electron chi connectivity index (χ3n) is 3.52. The summed E-state index contributed by atoms with van der Waals surface area (Å²) in [6.45, 7) is 8.01. The van der Waals surface area contributed by atoms with Crippen LogP contribution < -0.4 is 0 Å². The van der Waals surface area contributed by atoms with E-state index < -0.39 is 12.1 Å². The molecule has 132 valence electrons. The monoisotopic (exact) mass is 325 g/mol. The van der Waals surface area contributed by atoms with Crippen LogP contribution in [-0.2, 0) is 14.3 Å². The van der Waals surface area contributed by atoms with Crippen molar-refractivity contribution in [3.63, 3.8) is 0 Å². The zero-order chi connectivity index (χ0) is 17.7. The number of rotatable bonds is 10. The third-order valence-corrected chi connectivity index (χ3v) is 3.52. The standard InChI is InChI=1S/C18H31NO4/c1-6-8-10-11-12-14-22-17(20)16(15(3)4)19(5)18(21)23-13-9-7-2/h15-16H,6,8,10-14H2,1-5H3. The molecule has 0 aromatic carbocycles. The van der Waals surface area contributed by atoms with Gasteiger partial charge in [-0.15, -0.1) is 5.92 Å². The number of carbonyl (C=O) groups is 2. The SMILES string of the molecule is CC#CCOC(=O)N(C)C(C(=O)OCCCCCCC)C(C)C. The Morgan fingerprint density at radius 2 is 1.74 bits per heavy atom. The molecule has 0 radical (unpaired) electrons. The first kappa shape index (κ1) is 21.3. The minimum atomic E-state index is -0.646. The molecule has 0 bridgehead atoms. The molecule has 0 aromatic rings. The number of carbonyl (C=O) groups excluding carboxylic acids is 2. The van der Waals surface area contributed by atoms with Gasteiger partial charge >= 0.3 is 12.1 Å². The molecule has 0 aliphatic rings. The average molecular weight is 325 g/mol. The van der Waals surface area contributed by atoms with Crippen molar-refractivity contribution in [2.75, 3.05) is 20.3 Å². The van der Waals surface area contributed by atoms with Crippen LogP contribution >= 0.6 is 0 Å². The van der Waals surface area contributed by atoms with Gasteiger partial charge in [0.2, 0.25) is 0 Å². The minimum absolute atomic E-state index is 0.0248. The van der Waals surface area contributed by atoms with Crippen LogP contribution in [0.15, 0.2) is 0 Å². The van der Waals surface area contributed by atoms with Gasteiger partial charge in [0.25, 0.3) is 0 Å². The molecule has 0 saturated carbocycles. The number of likely N-dealkylation sites (N-methyl/N-ethyl adjacent to an activating group) is 1. The second-order valence-electron chi connectivity index (χ2n) is 5.86. The summed E-state index contributed by atoms with van der Waals surface area (Å²) < 4.78 is 10.3. The van der Waals surface area contributed by atoms with E-state index in [0.717, 1.165) is 19.3 Å². The molecule has 5 nitrogen and oxygen atoms in total. The highest BCUT2D eigenvalue weighted by Crippen LogP contribution is 2.13. The van der Waals surface area contributed by atoms with E-state index in [2.05, 4.69) is 18.8 Å². The lowest BCUT2D eigenvalue weighted by Gasteiger charge is -2.28. The maximum atomic E-state index is 12.2. The Kier molecular flexibility index (Phi) is 11.9. The quantitative estimate of drug-likeness (QED) is 0.350. The Morgan fingerprint density at radius 1 is 1.09 bits per heavy atom. The molecule has 0 aliphatic carbocycles. The molecule has 0 heterocycles. The maximum Gasteiger partial charge on any atom is 0.411 e. The first-order chi connectivity index (χ1) is 11.0. The molecule has 5 heteroatoms. The summed E-state index contributed by atoms with van der Waals surface area (Å²) >= 11 is 0. The fraction of sp³-hybridized carbons (Fsp3) is 0.778. The number of ether oxygens (including phenoxy) is 2. The summed E-state index contributed by atoms with van der Waals surface area (Å²) in [5, 5.41) is 0. The van der Waals surface area contributed by atoms with E-state index in [9.17, 15) is 9.59 Å². The molecule has 0 aliphatic heterocycles. The lowest BCUT2D eigenvalue weighted by Crippen LogP contribution is -2.46. The number of nitrogens with zero attached hydrogens (tertiary/aromatic N) is 1. The first-order valence-corrected chi connectivity index (χ1v) is 8.41. The van der Waals surface area contributed by atoms with Crippen LogP contribution in [0.4, 0.5) is 4.79 Å². The Balaban J connectivity index is 4.37. The molecule has 1 unspecified atom stereocenters. The van der Waals surface area contributed by atoms with Gasteiger partial charge in [-0.2, -0.15) is 0 Å². The summed E-state index contributed by atoms with van der Waals surface area (Å²) in [5.74, 6) is 4.87. The lowest BCUT2D eigenvalue weighted by atomic mass is 10.0. The molecule has 0 fully saturated rings. The summed E-state index contributed by atoms with van der Waals surface area (Å²) in [7, 11) is 1.55. The number of hydrogen-bond donors (Lipinski definition) is 0. The van der Waals surface area contributed by atoms with Crippen LogP contribution in [0.25, 0.3) is 0 Å². The smallest absolute Gasteiger partial charge is 0.411 e. The van der Waals surface area contributed by atoms with Gasteiger partial charge in [-0.05, 0) is 19.3 Å². The predicted molar refractivity (Wildman–Crippen MR) is 90.9 cm³/mol. The second-order valence-corrected chi connectivity index (χ2v) is 5.86. The van der Waals surface area contributed by atoms with Gasteiger partial charge in [0.05, 0.1) is 6.61 Å². The molecular weight excluding hydrogens is 294 g/mol. The van der Waals surface area contributed by atoms with E-state index in [0.29, 0.717) is 6.61 Å². The summed E-state index contributed by atoms with van der Waals surface area (Å²) in [6.07, 6.45) is 4.90. The maximum absolute atomic E-state index is 12.2. The van der Waals surface area contributed by atoms with Gasteiger partial charge in [-0.25, -0.2) is 9.59 Å². The van der Waals surface area contributed by atoms with Crippen molar-refractivity contribution < 1.29 is 19.1 Å². The van der Waals surface area contributed by atoms with E-state index >= 15 is 0 Å². The molecule has 23 heavy (non-hydrogen) atoms. The summed E-state index contributed by atoms with van der Waals surface area (Å²) in [4.78, 5) is 25.5. The highest BCUT2D eigenvalue weighted by molar-refractivity contribution is 5.81. The van der Waals surface area contributed by atoms with Crippen molar-refractivity contribution in [1.82, 2.24) is 4.90 Å². The summed E-state index contributed by atoms with van der Waals surface area (Å²) in [5.41, 5.74) is 0. The van der Waals surface area contributed by atoms with Crippen molar-refractivity contribution in [3.05, 3.63) is 0 Å². The van der Waals surface area contributed by atoms with E-state index in [1.807, 2.05) is 13.8 Å². The van der Waals surface area contributed by atoms with Gasteiger partial charge in [0, 0.05) is 7.05 Å². The first-order valence-electron chi connectivity index (χ1n) is 8.41. The Morgan fingerprint density at radius 3 is 2.30 bits per heavy atom. The molecule has 0 aromatic heterocycles. The number of unbranched alkanes of at least 4 members (excludes halogenated alkanes) is 4. The van der Waals surface area contributed by atoms with Crippen LogP contribution in [-0.4, -0.2) is 43.3 Å². The van der Waals surface area contributed by atoms with Gasteiger partial charge < -0.3 is 9.47 Å². The van der Waals surface area contributed by atoms with Crippen molar-refractivity contribution >= 4 is 12.1 Å². The van der Waals surface area contributed by atoms with Crippen LogP contribution in [0, 0.1) is 17.8 Å². The fourth-order valence-corrected chi connectivity index (χ4v) is 2.23. The van der Waals surface area contributed by atoms with Crippen molar-refractivity contribution in [3.8, 4) is 11.8 Å². The fourth-order valence-electron chi connectivity index (χ4n) is 2.23. The molecule has 0 saturated heterocycles. The normalized spacial score (nSPS) is 11.4. The van der Waals surface area contributed by atoms with E-state index in [1.54, 1.807) is 14.0 Å². The second kappa shape index (κ2) is 12.8. The van der Waals surface area contributed by atoms with Crippen LogP contribution in [0.1, 0.15) is 59.8 Å². The Labute approximate surface area is 140 Å². The van der Waals surface area contributed by atoms with Gasteiger partial charge in [-0.3, -0.25) is 4.90 Å². The van der Waals surface area contributed by atoms with E-state index in [1.165, 1.54) is 17.7 Å². The highest BCUT2D eigenvalue weighted by Gasteiger charge is 2.31. The zero-order valence-corrected chi connectivity index (χ0v) is 15.2. The van der Waals surface area contributed by atoms with Crippen LogP contribution in [0.5, 0.6) is 0 Å². The van der Waals surface area contributed by atoms with E-state index in [-0.39, 0.29) is 18.5 Å². The third kappa shape index (κ3) is 9.12. The van der Waals surface area contributed by atoms with Gasteiger partial charge in [-0.1, -0.05) is 52.4 Å². The minimum Gasteiger partial charge on any atom is -0.464 e. The highest BCUT2D eigenvalue weighted by atomic mass is 16.6. The van der Waals surface area contributed by atoms with Crippen LogP contribution in [0.2, 0.25) is 0 Å². The van der Waals surface area contributed by atoms with Gasteiger partial charge in [0.15, 0.2) is 6.61 Å². The predicted octanol–water partition coefficient (Wildman–Crippen LogP) is 3.62. The zero-order valence-electron chi connectivity index (χ0n) is 15.2. The molecule has 0 rings (SSSR count). The average Bonchev–Trinajstić information content (AvgIpc) is 2.50. The molecule has 1 atom stereocenters.